The van der Waals surface area contributed by atoms with E-state index in [9.17, 15) is 13.2 Å². The van der Waals surface area contributed by atoms with Gasteiger partial charge in [-0.2, -0.15) is 18.3 Å². The fraction of sp³-hybridized carbons (Fsp3) is 0.0714. The summed E-state index contributed by atoms with van der Waals surface area (Å²) in [7, 11) is 0. The molecule has 0 amide bonds. The number of fused-ring (bicyclic) bond motifs is 1. The Morgan fingerprint density at radius 1 is 1.00 bits per heavy atom. The largest absolute Gasteiger partial charge is 0.433 e. The highest BCUT2D eigenvalue weighted by Crippen LogP contribution is 2.28. The smallest absolute Gasteiger partial charge is 0.321 e. The lowest BCUT2D eigenvalue weighted by Gasteiger charge is -2.04. The number of aromatic nitrogens is 7. The maximum absolute atomic E-state index is 12.5. The van der Waals surface area contributed by atoms with Crippen LogP contribution in [0.5, 0.6) is 0 Å². The first kappa shape index (κ1) is 14.3. The van der Waals surface area contributed by atoms with Crippen LogP contribution in [0.3, 0.4) is 0 Å². The molecular weight excluding hydrogens is 323 g/mol. The Morgan fingerprint density at radius 3 is 2.58 bits per heavy atom. The zero-order valence-electron chi connectivity index (χ0n) is 11.9. The number of hydrogen-bond acceptors (Lipinski definition) is 5. The standard InChI is InChI=1S/C14H8F3N7/c15-14(16,17)10-3-2-8(6-19-10)11-21-12(23-22-11)9-7-20-24-5-1-4-18-13(9)24/h1-7H,(H,21,22,23). The third-order valence-corrected chi connectivity index (χ3v) is 3.35. The number of nitrogens with zero attached hydrogens (tertiary/aromatic N) is 6. The van der Waals surface area contributed by atoms with Crippen LogP contribution in [-0.2, 0) is 6.18 Å². The summed E-state index contributed by atoms with van der Waals surface area (Å²) in [5.74, 6) is 0.722. The molecule has 0 unspecified atom stereocenters. The van der Waals surface area contributed by atoms with Crippen molar-refractivity contribution in [3.8, 4) is 22.8 Å². The van der Waals surface area contributed by atoms with Crippen molar-refractivity contribution in [1.82, 2.24) is 34.8 Å². The maximum atomic E-state index is 12.5. The normalized spacial score (nSPS) is 12.0. The van der Waals surface area contributed by atoms with Gasteiger partial charge < -0.3 is 4.98 Å². The number of hydrogen-bond donors (Lipinski definition) is 1. The zero-order chi connectivity index (χ0) is 16.7. The molecule has 0 bridgehead atoms. The molecule has 24 heavy (non-hydrogen) atoms. The monoisotopic (exact) mass is 331 g/mol. The van der Waals surface area contributed by atoms with Crippen molar-refractivity contribution >= 4 is 5.65 Å². The average Bonchev–Trinajstić information content (AvgIpc) is 3.21. The van der Waals surface area contributed by atoms with Crippen molar-refractivity contribution in [3.05, 3.63) is 48.7 Å². The zero-order valence-corrected chi connectivity index (χ0v) is 11.9. The molecule has 10 heteroatoms. The summed E-state index contributed by atoms with van der Waals surface area (Å²) in [6, 6.07) is 3.92. The molecule has 0 aliphatic heterocycles. The Morgan fingerprint density at radius 2 is 1.83 bits per heavy atom. The first-order valence-corrected chi connectivity index (χ1v) is 6.77. The summed E-state index contributed by atoms with van der Waals surface area (Å²) in [4.78, 5) is 10.6. The predicted molar refractivity (Wildman–Crippen MR) is 76.6 cm³/mol. The van der Waals surface area contributed by atoms with E-state index in [1.807, 2.05) is 0 Å². The molecule has 4 heterocycles. The topological polar surface area (TPSA) is 84.6 Å². The van der Waals surface area contributed by atoms with Crippen LogP contribution in [0.1, 0.15) is 5.69 Å². The summed E-state index contributed by atoms with van der Waals surface area (Å²) in [5, 5.41) is 12.1. The summed E-state index contributed by atoms with van der Waals surface area (Å²) in [6.45, 7) is 0. The average molecular weight is 331 g/mol. The van der Waals surface area contributed by atoms with Crippen molar-refractivity contribution in [3.63, 3.8) is 0 Å². The molecular formula is C14H8F3N7. The second-order valence-electron chi connectivity index (χ2n) is 4.90. The van der Waals surface area contributed by atoms with Gasteiger partial charge >= 0.3 is 6.18 Å². The lowest BCUT2D eigenvalue weighted by atomic mass is 10.2. The van der Waals surface area contributed by atoms with Gasteiger partial charge in [-0.25, -0.2) is 9.50 Å². The lowest BCUT2D eigenvalue weighted by Crippen LogP contribution is -2.07. The number of alkyl halides is 3. The van der Waals surface area contributed by atoms with E-state index in [1.54, 1.807) is 29.2 Å². The van der Waals surface area contributed by atoms with Crippen LogP contribution in [0.15, 0.2) is 43.0 Å². The Balaban J connectivity index is 1.70. The highest BCUT2D eigenvalue weighted by atomic mass is 19.4. The van der Waals surface area contributed by atoms with E-state index in [2.05, 4.69) is 30.2 Å². The van der Waals surface area contributed by atoms with Crippen LogP contribution in [0.2, 0.25) is 0 Å². The van der Waals surface area contributed by atoms with Crippen LogP contribution < -0.4 is 0 Å². The third kappa shape index (κ3) is 2.37. The van der Waals surface area contributed by atoms with Gasteiger partial charge in [0.05, 0.1) is 11.8 Å². The Labute approximate surface area is 132 Å². The van der Waals surface area contributed by atoms with Gasteiger partial charge in [0.15, 0.2) is 17.3 Å². The minimum atomic E-state index is -4.48. The molecule has 0 radical (unpaired) electrons. The first-order chi connectivity index (χ1) is 11.5. The molecule has 120 valence electrons. The van der Waals surface area contributed by atoms with E-state index in [-0.39, 0.29) is 0 Å². The van der Waals surface area contributed by atoms with Gasteiger partial charge in [-0.1, -0.05) is 0 Å². The molecule has 1 N–H and O–H groups in total. The Bertz CT molecular complexity index is 1000. The van der Waals surface area contributed by atoms with E-state index in [4.69, 9.17) is 0 Å². The van der Waals surface area contributed by atoms with Gasteiger partial charge in [0, 0.05) is 24.2 Å². The second-order valence-corrected chi connectivity index (χ2v) is 4.90. The molecule has 7 nitrogen and oxygen atoms in total. The Hall–Kier alpha value is -3.30. The van der Waals surface area contributed by atoms with Crippen molar-refractivity contribution in [1.29, 1.82) is 0 Å². The molecule has 0 spiro atoms. The molecule has 0 aromatic carbocycles. The molecule has 0 saturated carbocycles. The van der Waals surface area contributed by atoms with Crippen LogP contribution in [0.25, 0.3) is 28.4 Å². The predicted octanol–water partition coefficient (Wildman–Crippen LogP) is 2.60. The summed E-state index contributed by atoms with van der Waals surface area (Å²) in [5.41, 5.74) is 0.656. The van der Waals surface area contributed by atoms with E-state index < -0.39 is 11.9 Å². The minimum absolute atomic E-state index is 0.307. The second kappa shape index (κ2) is 5.11. The van der Waals surface area contributed by atoms with Crippen molar-refractivity contribution in [2.75, 3.05) is 0 Å². The van der Waals surface area contributed by atoms with Gasteiger partial charge in [0.1, 0.15) is 5.69 Å². The molecule has 0 atom stereocenters. The summed E-state index contributed by atoms with van der Waals surface area (Å²) < 4.78 is 39.2. The SMILES string of the molecule is FC(F)(F)c1ccc(-c2nnc(-c3cnn4cccnc34)[nH]2)cn1. The van der Waals surface area contributed by atoms with Gasteiger partial charge in [0.25, 0.3) is 0 Å². The first-order valence-electron chi connectivity index (χ1n) is 6.77. The van der Waals surface area contributed by atoms with E-state index in [1.165, 1.54) is 6.07 Å². The summed E-state index contributed by atoms with van der Waals surface area (Å²) >= 11 is 0. The molecule has 0 aliphatic rings. The lowest BCUT2D eigenvalue weighted by molar-refractivity contribution is -0.141. The highest BCUT2D eigenvalue weighted by molar-refractivity contribution is 5.72. The number of H-pyrrole nitrogens is 1. The van der Waals surface area contributed by atoms with Crippen molar-refractivity contribution < 1.29 is 13.2 Å². The Kier molecular flexibility index (Phi) is 3.05. The van der Waals surface area contributed by atoms with Gasteiger partial charge in [-0.3, -0.25) is 4.98 Å². The number of halogens is 3. The fourth-order valence-electron chi connectivity index (χ4n) is 2.21. The third-order valence-electron chi connectivity index (χ3n) is 3.35. The molecule has 0 saturated heterocycles. The van der Waals surface area contributed by atoms with Crippen molar-refractivity contribution in [2.45, 2.75) is 6.18 Å². The number of pyridine rings is 1. The van der Waals surface area contributed by atoms with E-state index >= 15 is 0 Å². The van der Waals surface area contributed by atoms with Crippen molar-refractivity contribution in [2.24, 2.45) is 0 Å². The minimum Gasteiger partial charge on any atom is -0.321 e. The van der Waals surface area contributed by atoms with Crippen LogP contribution in [0.4, 0.5) is 13.2 Å². The quantitative estimate of drug-likeness (QED) is 0.610. The molecule has 0 fully saturated rings. The summed E-state index contributed by atoms with van der Waals surface area (Å²) in [6.07, 6.45) is 1.56. The van der Waals surface area contributed by atoms with Crippen LogP contribution >= 0.6 is 0 Å². The molecule has 0 aliphatic carbocycles. The van der Waals surface area contributed by atoms with Crippen LogP contribution in [-0.4, -0.2) is 34.8 Å². The van der Waals surface area contributed by atoms with Gasteiger partial charge in [0.2, 0.25) is 0 Å². The maximum Gasteiger partial charge on any atom is 0.433 e. The molecule has 4 aromatic heterocycles. The number of aromatic amines is 1. The van der Waals surface area contributed by atoms with Gasteiger partial charge in [-0.15, -0.1) is 10.2 Å². The van der Waals surface area contributed by atoms with E-state index in [0.29, 0.717) is 28.4 Å². The number of rotatable bonds is 2. The fourth-order valence-corrected chi connectivity index (χ4v) is 2.21. The molecule has 4 aromatic rings. The van der Waals surface area contributed by atoms with E-state index in [0.717, 1.165) is 12.3 Å². The van der Waals surface area contributed by atoms with Gasteiger partial charge in [-0.05, 0) is 18.2 Å². The molecule has 4 rings (SSSR count). The highest BCUT2D eigenvalue weighted by Gasteiger charge is 2.32. The van der Waals surface area contributed by atoms with Crippen LogP contribution in [0, 0.1) is 0 Å². The number of nitrogens with one attached hydrogen (secondary N) is 1.